The van der Waals surface area contributed by atoms with Crippen molar-refractivity contribution in [2.45, 2.75) is 11.8 Å². The van der Waals surface area contributed by atoms with Crippen molar-refractivity contribution in [1.29, 1.82) is 0 Å². The number of aryl methyl sites for hydroxylation is 1. The average Bonchev–Trinajstić information content (AvgIpc) is 2.27. The Labute approximate surface area is 105 Å². The van der Waals surface area contributed by atoms with Gasteiger partial charge in [0.1, 0.15) is 0 Å². The molecule has 0 N–H and O–H groups in total. The van der Waals surface area contributed by atoms with E-state index in [0.29, 0.717) is 5.39 Å². The molecule has 2 rings (SSSR count). The van der Waals surface area contributed by atoms with Gasteiger partial charge in [-0.3, -0.25) is 0 Å². The molecule has 94 valence electrons. The lowest BCUT2D eigenvalue weighted by atomic mass is 10.1. The van der Waals surface area contributed by atoms with Crippen LogP contribution in [0.5, 0.6) is 0 Å². The van der Waals surface area contributed by atoms with Crippen LogP contribution in [0, 0.1) is 6.92 Å². The topological polar surface area (TPSA) is 74.3 Å². The molecule has 5 heteroatoms. The van der Waals surface area contributed by atoms with Gasteiger partial charge in [0.2, 0.25) is 0 Å². The van der Waals surface area contributed by atoms with Gasteiger partial charge in [-0.05, 0) is 23.9 Å². The number of benzene rings is 2. The van der Waals surface area contributed by atoms with Crippen LogP contribution >= 0.6 is 0 Å². The van der Waals surface area contributed by atoms with E-state index in [1.165, 1.54) is 6.07 Å². The van der Waals surface area contributed by atoms with Gasteiger partial charge in [-0.2, -0.15) is 0 Å². The van der Waals surface area contributed by atoms with Gasteiger partial charge in [0.25, 0.3) is 0 Å². The van der Waals surface area contributed by atoms with Gasteiger partial charge >= 0.3 is 0 Å². The van der Waals surface area contributed by atoms with Gasteiger partial charge in [0, 0.05) is 5.39 Å². The quantitative estimate of drug-likeness (QED) is 0.815. The number of rotatable bonds is 3. The minimum Gasteiger partial charge on any atom is -0.549 e. The third-order valence-corrected chi connectivity index (χ3v) is 4.38. The maximum atomic E-state index is 11.9. The lowest BCUT2D eigenvalue weighted by molar-refractivity contribution is -0.301. The Morgan fingerprint density at radius 3 is 2.39 bits per heavy atom. The third kappa shape index (κ3) is 2.22. The van der Waals surface area contributed by atoms with Crippen LogP contribution in [0.2, 0.25) is 0 Å². The number of carboxylic acid groups (broad SMARTS) is 1. The molecule has 0 amide bonds. The maximum Gasteiger partial charge on any atom is 0.184 e. The summed E-state index contributed by atoms with van der Waals surface area (Å²) in [6, 6.07) is 10.1. The van der Waals surface area contributed by atoms with Gasteiger partial charge in [0.05, 0.1) is 16.6 Å². The average molecular weight is 263 g/mol. The van der Waals surface area contributed by atoms with Crippen molar-refractivity contribution in [3.63, 3.8) is 0 Å². The van der Waals surface area contributed by atoms with E-state index in [9.17, 15) is 18.3 Å². The Balaban J connectivity index is 2.73. The fraction of sp³-hybridized carbons (Fsp3) is 0.154. The van der Waals surface area contributed by atoms with Crippen molar-refractivity contribution in [3.05, 3.63) is 42.0 Å². The van der Waals surface area contributed by atoms with Gasteiger partial charge in [-0.15, -0.1) is 0 Å². The first-order chi connectivity index (χ1) is 8.42. The van der Waals surface area contributed by atoms with E-state index >= 15 is 0 Å². The standard InChI is InChI=1S/C13H12O4S/c1-9-4-2-6-11-10(9)5-3-7-12(11)18(16,17)8-13(14)15/h2-7H,8H2,1H3,(H,14,15)/p-1. The zero-order valence-corrected chi connectivity index (χ0v) is 10.5. The molecule has 0 heterocycles. The molecule has 0 fully saturated rings. The first-order valence-corrected chi connectivity index (χ1v) is 6.98. The minimum atomic E-state index is -3.86. The molecule has 0 bridgehead atoms. The van der Waals surface area contributed by atoms with Crippen LogP contribution in [0.3, 0.4) is 0 Å². The van der Waals surface area contributed by atoms with Crippen molar-refractivity contribution in [2.75, 3.05) is 5.75 Å². The van der Waals surface area contributed by atoms with E-state index in [4.69, 9.17) is 0 Å². The lowest BCUT2D eigenvalue weighted by Gasteiger charge is -2.09. The van der Waals surface area contributed by atoms with Crippen LogP contribution in [0.4, 0.5) is 0 Å². The number of hydrogen-bond donors (Lipinski definition) is 0. The number of carboxylic acids is 1. The number of fused-ring (bicyclic) bond motifs is 1. The Hall–Kier alpha value is -1.88. The maximum absolute atomic E-state index is 11.9. The van der Waals surface area contributed by atoms with E-state index in [-0.39, 0.29) is 4.90 Å². The van der Waals surface area contributed by atoms with E-state index in [1.54, 1.807) is 18.2 Å². The van der Waals surface area contributed by atoms with Crippen molar-refractivity contribution < 1.29 is 18.3 Å². The predicted octanol–water partition coefficient (Wildman–Crippen LogP) is 0.672. The van der Waals surface area contributed by atoms with Crippen LogP contribution in [-0.4, -0.2) is 20.1 Å². The van der Waals surface area contributed by atoms with Gasteiger partial charge < -0.3 is 9.90 Å². The molecule has 0 aliphatic heterocycles. The van der Waals surface area contributed by atoms with Gasteiger partial charge in [-0.1, -0.05) is 30.3 Å². The summed E-state index contributed by atoms with van der Waals surface area (Å²) in [6.07, 6.45) is 0. The van der Waals surface area contributed by atoms with Crippen LogP contribution < -0.4 is 5.11 Å². The molecule has 2 aromatic rings. The summed E-state index contributed by atoms with van der Waals surface area (Å²) >= 11 is 0. The minimum absolute atomic E-state index is 0.0351. The number of sulfone groups is 1. The van der Waals surface area contributed by atoms with E-state index < -0.39 is 21.6 Å². The number of aliphatic carboxylic acids is 1. The van der Waals surface area contributed by atoms with Crippen LogP contribution in [0.1, 0.15) is 5.56 Å². The summed E-state index contributed by atoms with van der Waals surface area (Å²) in [5.41, 5.74) is 0.943. The summed E-state index contributed by atoms with van der Waals surface area (Å²) in [6.45, 7) is 1.87. The Bertz CT molecular complexity index is 717. The highest BCUT2D eigenvalue weighted by molar-refractivity contribution is 7.92. The third-order valence-electron chi connectivity index (χ3n) is 2.74. The Kier molecular flexibility index (Phi) is 3.09. The zero-order chi connectivity index (χ0) is 13.3. The highest BCUT2D eigenvalue weighted by Gasteiger charge is 2.17. The van der Waals surface area contributed by atoms with Crippen molar-refractivity contribution in [3.8, 4) is 0 Å². The van der Waals surface area contributed by atoms with E-state index in [0.717, 1.165) is 10.9 Å². The molecule has 0 unspecified atom stereocenters. The first-order valence-electron chi connectivity index (χ1n) is 5.33. The second-order valence-corrected chi connectivity index (χ2v) is 6.02. The summed E-state index contributed by atoms with van der Waals surface area (Å²) in [5.74, 6) is -2.60. The smallest absolute Gasteiger partial charge is 0.184 e. The molecule has 18 heavy (non-hydrogen) atoms. The fourth-order valence-electron chi connectivity index (χ4n) is 1.94. The molecule has 0 aliphatic rings. The van der Waals surface area contributed by atoms with Crippen molar-refractivity contribution >= 4 is 26.6 Å². The molecule has 4 nitrogen and oxygen atoms in total. The summed E-state index contributed by atoms with van der Waals surface area (Å²) in [4.78, 5) is 10.5. The molecule has 0 atom stereocenters. The number of carbonyl (C=O) groups is 1. The zero-order valence-electron chi connectivity index (χ0n) is 9.71. The molecule has 2 aromatic carbocycles. The summed E-state index contributed by atoms with van der Waals surface area (Å²) in [5, 5.41) is 11.8. The first kappa shape index (κ1) is 12.6. The highest BCUT2D eigenvalue weighted by atomic mass is 32.2. The molecule has 0 aliphatic carbocycles. The second-order valence-electron chi connectivity index (χ2n) is 4.06. The molecular weight excluding hydrogens is 252 g/mol. The monoisotopic (exact) mass is 263 g/mol. The van der Waals surface area contributed by atoms with Gasteiger partial charge in [-0.25, -0.2) is 8.42 Å². The number of carbonyl (C=O) groups excluding carboxylic acids is 1. The Morgan fingerprint density at radius 1 is 1.11 bits per heavy atom. The number of hydrogen-bond acceptors (Lipinski definition) is 4. The van der Waals surface area contributed by atoms with Crippen molar-refractivity contribution in [1.82, 2.24) is 0 Å². The molecular formula is C13H11O4S-. The van der Waals surface area contributed by atoms with E-state index in [1.807, 2.05) is 19.1 Å². The fourth-order valence-corrected chi connectivity index (χ4v) is 3.21. The highest BCUT2D eigenvalue weighted by Crippen LogP contribution is 2.25. The second kappa shape index (κ2) is 4.42. The largest absolute Gasteiger partial charge is 0.549 e. The normalized spacial score (nSPS) is 11.6. The van der Waals surface area contributed by atoms with Crippen LogP contribution in [-0.2, 0) is 14.6 Å². The molecule has 0 radical (unpaired) electrons. The molecule has 0 saturated heterocycles. The van der Waals surface area contributed by atoms with E-state index in [2.05, 4.69) is 0 Å². The molecule has 0 spiro atoms. The summed E-state index contributed by atoms with van der Waals surface area (Å²) in [7, 11) is -3.86. The molecule has 0 aromatic heterocycles. The Morgan fingerprint density at radius 2 is 1.72 bits per heavy atom. The summed E-state index contributed by atoms with van der Waals surface area (Å²) < 4.78 is 23.9. The van der Waals surface area contributed by atoms with Crippen LogP contribution in [0.25, 0.3) is 10.8 Å². The van der Waals surface area contributed by atoms with Gasteiger partial charge in [0.15, 0.2) is 9.84 Å². The van der Waals surface area contributed by atoms with Crippen molar-refractivity contribution in [2.24, 2.45) is 0 Å². The molecule has 0 saturated carbocycles. The lowest BCUT2D eigenvalue weighted by Crippen LogP contribution is -2.30. The van der Waals surface area contributed by atoms with Crippen LogP contribution in [0.15, 0.2) is 41.3 Å². The predicted molar refractivity (Wildman–Crippen MR) is 65.7 cm³/mol. The SMILES string of the molecule is Cc1cccc2c(S(=O)(=O)CC(=O)[O-])cccc12.